The van der Waals surface area contributed by atoms with Gasteiger partial charge in [0, 0.05) is 18.8 Å². The monoisotopic (exact) mass is 296 g/mol. The van der Waals surface area contributed by atoms with Crippen LogP contribution in [0.15, 0.2) is 24.4 Å². The van der Waals surface area contributed by atoms with Gasteiger partial charge in [0.25, 0.3) is 5.69 Å². The molecule has 0 saturated heterocycles. The van der Waals surface area contributed by atoms with E-state index < -0.39 is 27.9 Å². The molecule has 21 heavy (non-hydrogen) atoms. The van der Waals surface area contributed by atoms with Gasteiger partial charge in [0.2, 0.25) is 0 Å². The van der Waals surface area contributed by atoms with E-state index in [2.05, 4.69) is 10.4 Å². The Hall–Kier alpha value is -2.35. The third kappa shape index (κ3) is 3.22. The molecule has 0 atom stereocenters. The van der Waals surface area contributed by atoms with E-state index in [9.17, 15) is 18.9 Å². The lowest BCUT2D eigenvalue weighted by atomic mass is 10.2. The Bertz CT molecular complexity index is 658. The number of hydrogen-bond acceptors (Lipinski definition) is 4. The number of hydrogen-bond donors (Lipinski definition) is 1. The molecular weight excluding hydrogens is 282 g/mol. The molecule has 0 fully saturated rings. The van der Waals surface area contributed by atoms with Crippen LogP contribution < -0.4 is 5.32 Å². The fourth-order valence-corrected chi connectivity index (χ4v) is 1.87. The molecule has 1 aromatic carbocycles. The smallest absolute Gasteiger partial charge is 0.298 e. The normalized spacial score (nSPS) is 10.8. The summed E-state index contributed by atoms with van der Waals surface area (Å²) in [5, 5.41) is 18.1. The summed E-state index contributed by atoms with van der Waals surface area (Å²) in [7, 11) is 0. The van der Waals surface area contributed by atoms with E-state index in [4.69, 9.17) is 0 Å². The molecule has 8 heteroatoms. The molecule has 1 aromatic heterocycles. The van der Waals surface area contributed by atoms with Crippen molar-refractivity contribution < 1.29 is 13.7 Å². The van der Waals surface area contributed by atoms with Crippen molar-refractivity contribution in [1.82, 2.24) is 15.1 Å². The second kappa shape index (κ2) is 6.40. The molecule has 0 spiro atoms. The maximum atomic E-state index is 13.9. The van der Waals surface area contributed by atoms with Crippen LogP contribution in [-0.2, 0) is 6.54 Å². The molecule has 1 N–H and O–H groups in total. The first-order chi connectivity index (χ1) is 10.0. The summed E-state index contributed by atoms with van der Waals surface area (Å²) >= 11 is 0. The maximum Gasteiger partial charge on any atom is 0.298 e. The Labute approximate surface area is 119 Å². The predicted octanol–water partition coefficient (Wildman–Crippen LogP) is 2.56. The predicted molar refractivity (Wildman–Crippen MR) is 72.1 cm³/mol. The van der Waals surface area contributed by atoms with Crippen LogP contribution in [0.3, 0.4) is 0 Å². The van der Waals surface area contributed by atoms with Crippen LogP contribution in [0, 0.1) is 21.7 Å². The summed E-state index contributed by atoms with van der Waals surface area (Å²) in [4.78, 5) is 10.2. The minimum atomic E-state index is -1.29. The Morgan fingerprint density at radius 2 is 2.14 bits per heavy atom. The van der Waals surface area contributed by atoms with E-state index in [1.54, 1.807) is 6.07 Å². The minimum Gasteiger partial charge on any atom is -0.311 e. The molecule has 0 aliphatic carbocycles. The van der Waals surface area contributed by atoms with Gasteiger partial charge in [0.1, 0.15) is 0 Å². The van der Waals surface area contributed by atoms with Gasteiger partial charge in [-0.25, -0.2) is 13.5 Å². The van der Waals surface area contributed by atoms with E-state index in [0.717, 1.165) is 29.8 Å². The Morgan fingerprint density at radius 1 is 1.38 bits per heavy atom. The van der Waals surface area contributed by atoms with Crippen molar-refractivity contribution in [3.8, 4) is 5.69 Å². The lowest BCUT2D eigenvalue weighted by molar-refractivity contribution is -0.384. The van der Waals surface area contributed by atoms with Gasteiger partial charge in [-0.1, -0.05) is 6.92 Å². The number of nitro groups is 1. The van der Waals surface area contributed by atoms with Crippen LogP contribution in [0.25, 0.3) is 5.69 Å². The van der Waals surface area contributed by atoms with Crippen molar-refractivity contribution in [2.75, 3.05) is 6.54 Å². The third-order valence-electron chi connectivity index (χ3n) is 2.85. The molecular formula is C13H14F2N4O2. The lowest BCUT2D eigenvalue weighted by Gasteiger charge is -2.05. The highest BCUT2D eigenvalue weighted by Gasteiger charge is 2.23. The van der Waals surface area contributed by atoms with E-state index in [-0.39, 0.29) is 0 Å². The number of halogens is 2. The maximum absolute atomic E-state index is 13.9. The number of nitrogens with zero attached hydrogens (tertiary/aromatic N) is 3. The number of rotatable bonds is 6. The molecule has 6 nitrogen and oxygen atoms in total. The summed E-state index contributed by atoms with van der Waals surface area (Å²) in [6, 6.07) is 3.24. The van der Waals surface area contributed by atoms with Crippen LogP contribution in [-0.4, -0.2) is 21.2 Å². The summed E-state index contributed by atoms with van der Waals surface area (Å²) < 4.78 is 28.2. The van der Waals surface area contributed by atoms with Gasteiger partial charge in [-0.2, -0.15) is 5.10 Å². The van der Waals surface area contributed by atoms with Crippen LogP contribution in [0.4, 0.5) is 14.5 Å². The van der Waals surface area contributed by atoms with E-state index >= 15 is 0 Å². The van der Waals surface area contributed by atoms with Crippen molar-refractivity contribution in [2.24, 2.45) is 0 Å². The molecule has 0 aliphatic rings. The van der Waals surface area contributed by atoms with Gasteiger partial charge in [-0.15, -0.1) is 0 Å². The van der Waals surface area contributed by atoms with Crippen molar-refractivity contribution in [2.45, 2.75) is 19.9 Å². The van der Waals surface area contributed by atoms with E-state index in [0.29, 0.717) is 12.2 Å². The van der Waals surface area contributed by atoms with E-state index in [1.165, 1.54) is 6.20 Å². The highest BCUT2D eigenvalue weighted by atomic mass is 19.2. The SMILES string of the molecule is CCCNCc1ccn(-c2c([N+](=O)[O-])ccc(F)c2F)n1. The molecule has 0 amide bonds. The molecule has 112 valence electrons. The zero-order chi connectivity index (χ0) is 15.4. The van der Waals surface area contributed by atoms with Gasteiger partial charge >= 0.3 is 0 Å². The molecule has 0 radical (unpaired) electrons. The Morgan fingerprint density at radius 3 is 2.81 bits per heavy atom. The molecule has 2 aromatic rings. The van der Waals surface area contributed by atoms with Gasteiger partial charge in [0.15, 0.2) is 17.3 Å². The van der Waals surface area contributed by atoms with Crippen LogP contribution >= 0.6 is 0 Å². The first-order valence-corrected chi connectivity index (χ1v) is 6.42. The summed E-state index contributed by atoms with van der Waals surface area (Å²) in [5.74, 6) is -2.45. The zero-order valence-corrected chi connectivity index (χ0v) is 11.3. The Kier molecular flexibility index (Phi) is 4.59. The van der Waals surface area contributed by atoms with E-state index in [1.807, 2.05) is 6.92 Å². The van der Waals surface area contributed by atoms with Crippen molar-refractivity contribution in [3.63, 3.8) is 0 Å². The summed E-state index contributed by atoms with van der Waals surface area (Å²) in [6.45, 7) is 3.25. The van der Waals surface area contributed by atoms with Gasteiger partial charge in [0.05, 0.1) is 10.6 Å². The molecule has 0 saturated carbocycles. The number of aromatic nitrogens is 2. The molecule has 0 unspecified atom stereocenters. The molecule has 0 bridgehead atoms. The topological polar surface area (TPSA) is 73.0 Å². The first kappa shape index (κ1) is 15.0. The standard InChI is InChI=1S/C13H14F2N4O2/c1-2-6-16-8-9-5-7-18(17-9)13-11(19(20)21)4-3-10(14)12(13)15/h3-5,7,16H,2,6,8H2,1H3. The molecule has 0 aliphatic heterocycles. The van der Waals surface area contributed by atoms with Crippen molar-refractivity contribution in [1.29, 1.82) is 0 Å². The summed E-state index contributed by atoms with van der Waals surface area (Å²) in [6.07, 6.45) is 2.32. The molecule has 2 rings (SSSR count). The highest BCUT2D eigenvalue weighted by Crippen LogP contribution is 2.27. The quantitative estimate of drug-likeness (QED) is 0.505. The minimum absolute atomic E-state index is 0.450. The van der Waals surface area contributed by atoms with Crippen LogP contribution in [0.5, 0.6) is 0 Å². The lowest BCUT2D eigenvalue weighted by Crippen LogP contribution is -2.14. The number of benzene rings is 1. The van der Waals surface area contributed by atoms with Crippen LogP contribution in [0.2, 0.25) is 0 Å². The zero-order valence-electron chi connectivity index (χ0n) is 11.3. The fourth-order valence-electron chi connectivity index (χ4n) is 1.87. The second-order valence-electron chi connectivity index (χ2n) is 4.41. The number of nitrogens with one attached hydrogen (secondary N) is 1. The highest BCUT2D eigenvalue weighted by molar-refractivity contribution is 5.53. The van der Waals surface area contributed by atoms with Gasteiger partial charge in [-0.05, 0) is 25.1 Å². The van der Waals surface area contributed by atoms with Gasteiger partial charge < -0.3 is 5.32 Å². The first-order valence-electron chi connectivity index (χ1n) is 6.42. The third-order valence-corrected chi connectivity index (χ3v) is 2.85. The fraction of sp³-hybridized carbons (Fsp3) is 0.308. The average Bonchev–Trinajstić information content (AvgIpc) is 2.90. The van der Waals surface area contributed by atoms with Gasteiger partial charge in [-0.3, -0.25) is 10.1 Å². The largest absolute Gasteiger partial charge is 0.311 e. The van der Waals surface area contributed by atoms with Crippen molar-refractivity contribution in [3.05, 3.63) is 51.8 Å². The van der Waals surface area contributed by atoms with Crippen LogP contribution in [0.1, 0.15) is 19.0 Å². The Balaban J connectivity index is 2.37. The molecule has 1 heterocycles. The number of nitro benzene ring substituents is 1. The van der Waals surface area contributed by atoms with Crippen molar-refractivity contribution >= 4 is 5.69 Å². The summed E-state index contributed by atoms with van der Waals surface area (Å²) in [5.41, 5.74) is -0.451. The second-order valence-corrected chi connectivity index (χ2v) is 4.41. The average molecular weight is 296 g/mol.